The molecule has 2 rings (SSSR count). The van der Waals surface area contributed by atoms with Gasteiger partial charge < -0.3 is 15.3 Å². The fraction of sp³-hybridized carbons (Fsp3) is 0.333. The number of carbonyl (C=O) groups excluding carboxylic acids is 1. The lowest BCUT2D eigenvalue weighted by Crippen LogP contribution is -2.56. The van der Waals surface area contributed by atoms with Gasteiger partial charge in [-0.1, -0.05) is 23.2 Å². The Bertz CT molecular complexity index is 501. The third-order valence-electron chi connectivity index (χ3n) is 2.88. The van der Waals surface area contributed by atoms with E-state index in [1.54, 1.807) is 23.1 Å². The van der Waals surface area contributed by atoms with Crippen LogP contribution in [0.4, 0.5) is 5.69 Å². The van der Waals surface area contributed by atoms with Crippen LogP contribution < -0.4 is 10.2 Å². The van der Waals surface area contributed by atoms with E-state index >= 15 is 0 Å². The summed E-state index contributed by atoms with van der Waals surface area (Å²) in [6, 6.07) is 4.17. The van der Waals surface area contributed by atoms with Crippen molar-refractivity contribution >= 4 is 40.8 Å². The zero-order chi connectivity index (χ0) is 14.0. The molecule has 0 radical (unpaired) electrons. The van der Waals surface area contributed by atoms with Crippen LogP contribution in [0.15, 0.2) is 18.2 Å². The molecule has 0 spiro atoms. The molecular weight excluding hydrogens is 291 g/mol. The maximum absolute atomic E-state index is 11.8. The molecule has 0 bridgehead atoms. The molecule has 1 aromatic carbocycles. The van der Waals surface area contributed by atoms with E-state index in [1.165, 1.54) is 0 Å². The molecule has 1 aliphatic rings. The Morgan fingerprint density at radius 2 is 2.00 bits per heavy atom. The summed E-state index contributed by atoms with van der Waals surface area (Å²) in [6.45, 7) is 0.972. The minimum absolute atomic E-state index is 0.268. The zero-order valence-electron chi connectivity index (χ0n) is 9.90. The molecule has 0 aromatic heterocycles. The number of nitrogens with zero attached hydrogens (tertiary/aromatic N) is 1. The summed E-state index contributed by atoms with van der Waals surface area (Å²) in [6.07, 6.45) is -0.268. The summed E-state index contributed by atoms with van der Waals surface area (Å²) < 4.78 is 0. The fourth-order valence-electron chi connectivity index (χ4n) is 2.10. The van der Waals surface area contributed by atoms with Gasteiger partial charge in [0.1, 0.15) is 6.04 Å². The molecule has 1 aromatic rings. The van der Waals surface area contributed by atoms with Crippen LogP contribution in [-0.2, 0) is 9.59 Å². The Morgan fingerprint density at radius 3 is 2.58 bits per heavy atom. The summed E-state index contributed by atoms with van der Waals surface area (Å²) >= 11 is 11.9. The van der Waals surface area contributed by atoms with Gasteiger partial charge in [-0.05, 0) is 18.2 Å². The van der Waals surface area contributed by atoms with Gasteiger partial charge in [-0.2, -0.15) is 0 Å². The second-order valence-electron chi connectivity index (χ2n) is 4.23. The smallest absolute Gasteiger partial charge is 0.305 e. The van der Waals surface area contributed by atoms with Crippen LogP contribution in [0.3, 0.4) is 0 Å². The lowest BCUT2D eigenvalue weighted by molar-refractivity contribution is -0.139. The van der Waals surface area contributed by atoms with Crippen molar-refractivity contribution < 1.29 is 14.7 Å². The van der Waals surface area contributed by atoms with Crippen LogP contribution >= 0.6 is 23.2 Å². The highest BCUT2D eigenvalue weighted by Gasteiger charge is 2.32. The molecule has 1 unspecified atom stereocenters. The Balaban J connectivity index is 2.33. The van der Waals surface area contributed by atoms with Crippen LogP contribution in [0.5, 0.6) is 0 Å². The first-order chi connectivity index (χ1) is 8.97. The van der Waals surface area contributed by atoms with Gasteiger partial charge in [0, 0.05) is 28.8 Å². The predicted molar refractivity (Wildman–Crippen MR) is 72.9 cm³/mol. The molecule has 19 heavy (non-hydrogen) atoms. The van der Waals surface area contributed by atoms with E-state index in [9.17, 15) is 9.59 Å². The molecular formula is C12H12Cl2N2O3. The van der Waals surface area contributed by atoms with Gasteiger partial charge in [-0.3, -0.25) is 9.59 Å². The third-order valence-corrected chi connectivity index (χ3v) is 3.31. The van der Waals surface area contributed by atoms with Gasteiger partial charge in [0.05, 0.1) is 6.42 Å². The molecule has 1 heterocycles. The van der Waals surface area contributed by atoms with E-state index in [4.69, 9.17) is 28.3 Å². The lowest BCUT2D eigenvalue weighted by Gasteiger charge is -2.36. The summed E-state index contributed by atoms with van der Waals surface area (Å²) in [5.74, 6) is -1.33. The molecule has 5 nitrogen and oxygen atoms in total. The molecule has 0 aliphatic carbocycles. The molecule has 2 N–H and O–H groups in total. The molecule has 7 heteroatoms. The van der Waals surface area contributed by atoms with Gasteiger partial charge in [-0.15, -0.1) is 0 Å². The predicted octanol–water partition coefficient (Wildman–Crippen LogP) is 1.77. The number of carboxylic acid groups (broad SMARTS) is 1. The van der Waals surface area contributed by atoms with Crippen molar-refractivity contribution in [3.63, 3.8) is 0 Å². The second kappa shape index (κ2) is 5.67. The first-order valence-corrected chi connectivity index (χ1v) is 6.45. The SMILES string of the molecule is O=C(O)CC1C(=O)NCCN1c1cc(Cl)cc(Cl)c1. The van der Waals surface area contributed by atoms with Crippen molar-refractivity contribution in [3.8, 4) is 0 Å². The van der Waals surface area contributed by atoms with Gasteiger partial charge in [0.25, 0.3) is 0 Å². The van der Waals surface area contributed by atoms with E-state index in [0.717, 1.165) is 0 Å². The van der Waals surface area contributed by atoms with E-state index in [2.05, 4.69) is 5.32 Å². The van der Waals surface area contributed by atoms with E-state index in [1.807, 2.05) is 0 Å². The normalized spacial score (nSPS) is 19.2. The topological polar surface area (TPSA) is 69.6 Å². The van der Waals surface area contributed by atoms with Crippen LogP contribution in [0.25, 0.3) is 0 Å². The van der Waals surface area contributed by atoms with Gasteiger partial charge in [0.15, 0.2) is 0 Å². The number of carbonyl (C=O) groups is 2. The van der Waals surface area contributed by atoms with E-state index in [0.29, 0.717) is 28.8 Å². The number of carboxylic acids is 1. The number of piperazine rings is 1. The lowest BCUT2D eigenvalue weighted by atomic mass is 10.1. The van der Waals surface area contributed by atoms with Gasteiger partial charge in [-0.25, -0.2) is 0 Å². The average Bonchev–Trinajstić information content (AvgIpc) is 2.30. The Labute approximate surface area is 120 Å². The van der Waals surface area contributed by atoms with Crippen LogP contribution in [-0.4, -0.2) is 36.1 Å². The van der Waals surface area contributed by atoms with E-state index < -0.39 is 12.0 Å². The number of benzene rings is 1. The highest BCUT2D eigenvalue weighted by Crippen LogP contribution is 2.28. The molecule has 1 atom stereocenters. The quantitative estimate of drug-likeness (QED) is 0.893. The largest absolute Gasteiger partial charge is 0.481 e. The second-order valence-corrected chi connectivity index (χ2v) is 5.10. The molecule has 0 saturated carbocycles. The van der Waals surface area contributed by atoms with E-state index in [-0.39, 0.29) is 12.3 Å². The van der Waals surface area contributed by atoms with Crippen molar-refractivity contribution in [2.24, 2.45) is 0 Å². The number of anilines is 1. The van der Waals surface area contributed by atoms with Crippen molar-refractivity contribution in [2.75, 3.05) is 18.0 Å². The van der Waals surface area contributed by atoms with Gasteiger partial charge >= 0.3 is 5.97 Å². The standard InChI is InChI=1S/C12H12Cl2N2O3/c13-7-3-8(14)5-9(4-7)16-2-1-15-12(19)10(16)6-11(17)18/h3-5,10H,1-2,6H2,(H,15,19)(H,17,18). The molecule has 1 fully saturated rings. The summed E-state index contributed by atoms with van der Waals surface area (Å²) in [5, 5.41) is 12.4. The number of rotatable bonds is 3. The Hall–Kier alpha value is -1.46. The van der Waals surface area contributed by atoms with Crippen LogP contribution in [0.1, 0.15) is 6.42 Å². The number of hydrogen-bond acceptors (Lipinski definition) is 3. The molecule has 1 amide bonds. The van der Waals surface area contributed by atoms with Gasteiger partial charge in [0.2, 0.25) is 5.91 Å². The Morgan fingerprint density at radius 1 is 1.37 bits per heavy atom. The fourth-order valence-corrected chi connectivity index (χ4v) is 2.61. The molecule has 1 saturated heterocycles. The zero-order valence-corrected chi connectivity index (χ0v) is 11.4. The molecule has 102 valence electrons. The third kappa shape index (κ3) is 3.30. The number of aliphatic carboxylic acids is 1. The first kappa shape index (κ1) is 14.0. The van der Waals surface area contributed by atoms with Crippen molar-refractivity contribution in [3.05, 3.63) is 28.2 Å². The summed E-state index contributed by atoms with van der Waals surface area (Å²) in [4.78, 5) is 24.4. The highest BCUT2D eigenvalue weighted by molar-refractivity contribution is 6.35. The van der Waals surface area contributed by atoms with Crippen LogP contribution in [0.2, 0.25) is 10.0 Å². The minimum Gasteiger partial charge on any atom is -0.481 e. The molecule has 1 aliphatic heterocycles. The highest BCUT2D eigenvalue weighted by atomic mass is 35.5. The summed E-state index contributed by atoms with van der Waals surface area (Å²) in [7, 11) is 0. The summed E-state index contributed by atoms with van der Waals surface area (Å²) in [5.41, 5.74) is 0.651. The van der Waals surface area contributed by atoms with Crippen LogP contribution in [0, 0.1) is 0 Å². The maximum atomic E-state index is 11.8. The number of halogens is 2. The van der Waals surface area contributed by atoms with Crippen molar-refractivity contribution in [2.45, 2.75) is 12.5 Å². The number of hydrogen-bond donors (Lipinski definition) is 2. The first-order valence-electron chi connectivity index (χ1n) is 5.69. The average molecular weight is 303 g/mol. The Kier molecular flexibility index (Phi) is 4.17. The van der Waals surface area contributed by atoms with Crippen molar-refractivity contribution in [1.82, 2.24) is 5.32 Å². The van der Waals surface area contributed by atoms with Crippen molar-refractivity contribution in [1.29, 1.82) is 0 Å². The monoisotopic (exact) mass is 302 g/mol. The number of nitrogens with one attached hydrogen (secondary N) is 1. The number of amides is 1. The minimum atomic E-state index is -1.03. The maximum Gasteiger partial charge on any atom is 0.305 e.